The summed E-state index contributed by atoms with van der Waals surface area (Å²) in [6.45, 7) is 3.99. The van der Waals surface area contributed by atoms with Crippen molar-refractivity contribution in [2.75, 3.05) is 19.8 Å². The monoisotopic (exact) mass is 893 g/mol. The second-order valence-corrected chi connectivity index (χ2v) is 16.9. The van der Waals surface area contributed by atoms with Crippen LogP contribution in [-0.2, 0) is 27.9 Å². The third-order valence-corrected chi connectivity index (χ3v) is 10.9. The van der Waals surface area contributed by atoms with Crippen molar-refractivity contribution >= 4 is 13.8 Å². The molecule has 0 spiro atoms. The first-order valence-corrected chi connectivity index (χ1v) is 24.6. The van der Waals surface area contributed by atoms with E-state index in [2.05, 4.69) is 98.9 Å². The molecule has 6 unspecified atom stereocenters. The van der Waals surface area contributed by atoms with E-state index < -0.39 is 63.1 Å². The van der Waals surface area contributed by atoms with Crippen LogP contribution >= 0.6 is 7.82 Å². The standard InChI is InChI=1S/C49H81O12P/c1-3-5-7-9-11-13-15-17-19-21-22-23-24-26-28-30-32-34-36-38-43(50)60-42(41-59-62(56,57)61-49-47(54)45(52)44(51)46(53)48(49)55)40-58-39-37-35-33-31-29-27-25-20-18-16-14-12-10-8-6-4-2/h5,7,11-14,17-20,22-23,26,28,32,34,42,44-49,51-55H,3-4,6,8-10,15-16,21,24-25,27,29-31,33,35-41H2,1-2H3,(H,56,57)/b7-5-,13-11-,14-12-,19-17-,20-18-,23-22-,28-26-,34-32-. The van der Waals surface area contributed by atoms with Gasteiger partial charge in [0.2, 0.25) is 0 Å². The Labute approximate surface area is 373 Å². The van der Waals surface area contributed by atoms with Crippen LogP contribution in [0.4, 0.5) is 0 Å². The summed E-state index contributed by atoms with van der Waals surface area (Å²) in [5.74, 6) is -0.567. The number of phosphoric ester groups is 1. The minimum atomic E-state index is -5.05. The molecule has 0 aromatic heterocycles. The number of ether oxygens (including phenoxy) is 2. The molecule has 6 atom stereocenters. The van der Waals surface area contributed by atoms with Crippen LogP contribution in [0.1, 0.15) is 142 Å². The molecule has 13 heteroatoms. The molecule has 354 valence electrons. The zero-order chi connectivity index (χ0) is 45.5. The van der Waals surface area contributed by atoms with Gasteiger partial charge in [0.15, 0.2) is 0 Å². The van der Waals surface area contributed by atoms with E-state index in [-0.39, 0.29) is 13.0 Å². The summed E-state index contributed by atoms with van der Waals surface area (Å²) in [4.78, 5) is 23.1. The Kier molecular flexibility index (Phi) is 35.7. The Morgan fingerprint density at radius 1 is 0.532 bits per heavy atom. The van der Waals surface area contributed by atoms with E-state index in [1.54, 1.807) is 0 Å². The summed E-state index contributed by atoms with van der Waals surface area (Å²) in [7, 11) is -5.05. The molecule has 6 N–H and O–H groups in total. The summed E-state index contributed by atoms with van der Waals surface area (Å²) in [6, 6.07) is 0. The summed E-state index contributed by atoms with van der Waals surface area (Å²) in [6.07, 6.45) is 40.6. The second kappa shape index (κ2) is 38.7. The maximum Gasteiger partial charge on any atom is 0.472 e. The number of carbonyl (C=O) groups excluding carboxylic acids is 1. The van der Waals surface area contributed by atoms with Gasteiger partial charge in [-0.2, -0.15) is 0 Å². The molecular formula is C49H81O12P. The van der Waals surface area contributed by atoms with Gasteiger partial charge >= 0.3 is 13.8 Å². The zero-order valence-electron chi connectivity index (χ0n) is 37.6. The lowest BCUT2D eigenvalue weighted by Gasteiger charge is -2.41. The van der Waals surface area contributed by atoms with E-state index in [0.717, 1.165) is 89.9 Å². The molecule has 0 aliphatic heterocycles. The van der Waals surface area contributed by atoms with Crippen molar-refractivity contribution in [1.29, 1.82) is 0 Å². The number of hydrogen-bond acceptors (Lipinski definition) is 11. The number of allylic oxidation sites excluding steroid dienone is 16. The van der Waals surface area contributed by atoms with Crippen LogP contribution in [0.3, 0.4) is 0 Å². The van der Waals surface area contributed by atoms with Crippen molar-refractivity contribution in [3.05, 3.63) is 97.2 Å². The maximum absolute atomic E-state index is 12.8. The molecule has 12 nitrogen and oxygen atoms in total. The molecule has 1 aliphatic rings. The van der Waals surface area contributed by atoms with Crippen LogP contribution < -0.4 is 0 Å². The van der Waals surface area contributed by atoms with Crippen molar-refractivity contribution in [2.45, 2.75) is 185 Å². The SMILES string of the molecule is CC/C=C\C/C=C\C/C=C\C/C=C\C/C=C\C/C=C\CCC(=O)OC(COCCCCCCCC/C=C\C/C=C\CCCCC)COP(=O)(O)OC1C(O)C(O)C(O)C(O)C1O. The highest BCUT2D eigenvalue weighted by Crippen LogP contribution is 2.47. The molecule has 0 radical (unpaired) electrons. The average molecular weight is 893 g/mol. The lowest BCUT2D eigenvalue weighted by atomic mass is 9.85. The van der Waals surface area contributed by atoms with Gasteiger partial charge in [0.1, 0.15) is 42.7 Å². The number of phosphoric acid groups is 1. The van der Waals surface area contributed by atoms with Gasteiger partial charge in [-0.1, -0.05) is 150 Å². The first-order valence-electron chi connectivity index (χ1n) is 23.1. The minimum absolute atomic E-state index is 0.0521. The zero-order valence-corrected chi connectivity index (χ0v) is 38.5. The lowest BCUT2D eigenvalue weighted by Crippen LogP contribution is -2.64. The van der Waals surface area contributed by atoms with Gasteiger partial charge in [-0.25, -0.2) is 4.57 Å². The number of hydrogen-bond donors (Lipinski definition) is 6. The van der Waals surface area contributed by atoms with Crippen molar-refractivity contribution in [3.8, 4) is 0 Å². The van der Waals surface area contributed by atoms with Crippen LogP contribution in [0.2, 0.25) is 0 Å². The molecule has 0 amide bonds. The molecule has 1 aliphatic carbocycles. The lowest BCUT2D eigenvalue weighted by molar-refractivity contribution is -0.220. The van der Waals surface area contributed by atoms with Crippen LogP contribution in [-0.4, -0.2) is 98.9 Å². The predicted molar refractivity (Wildman–Crippen MR) is 248 cm³/mol. The maximum atomic E-state index is 12.8. The predicted octanol–water partition coefficient (Wildman–Crippen LogP) is 9.53. The molecule has 0 bridgehead atoms. The third-order valence-electron chi connectivity index (χ3n) is 9.95. The highest BCUT2D eigenvalue weighted by Gasteiger charge is 2.51. The number of carbonyl (C=O) groups is 1. The fourth-order valence-electron chi connectivity index (χ4n) is 6.29. The second-order valence-electron chi connectivity index (χ2n) is 15.5. The van der Waals surface area contributed by atoms with Gasteiger partial charge in [-0.15, -0.1) is 0 Å². The van der Waals surface area contributed by atoms with Crippen LogP contribution in [0, 0.1) is 0 Å². The topological polar surface area (TPSA) is 192 Å². The van der Waals surface area contributed by atoms with Crippen molar-refractivity contribution in [2.24, 2.45) is 0 Å². The van der Waals surface area contributed by atoms with Crippen LogP contribution in [0.5, 0.6) is 0 Å². The summed E-state index contributed by atoms with van der Waals surface area (Å²) < 4.78 is 34.1. The quantitative estimate of drug-likeness (QED) is 0.0150. The average Bonchev–Trinajstić information content (AvgIpc) is 3.26. The van der Waals surface area contributed by atoms with Crippen LogP contribution in [0.15, 0.2) is 97.2 Å². The van der Waals surface area contributed by atoms with E-state index >= 15 is 0 Å². The number of aliphatic hydroxyl groups is 5. The van der Waals surface area contributed by atoms with E-state index in [9.17, 15) is 39.8 Å². The van der Waals surface area contributed by atoms with E-state index in [4.69, 9.17) is 18.5 Å². The van der Waals surface area contributed by atoms with E-state index in [0.29, 0.717) is 19.4 Å². The summed E-state index contributed by atoms with van der Waals surface area (Å²) in [5.41, 5.74) is 0. The summed E-state index contributed by atoms with van der Waals surface area (Å²) in [5, 5.41) is 50.2. The van der Waals surface area contributed by atoms with Crippen LogP contribution in [0.25, 0.3) is 0 Å². The number of esters is 1. The van der Waals surface area contributed by atoms with Gasteiger partial charge in [0.05, 0.1) is 13.2 Å². The van der Waals surface area contributed by atoms with Crippen molar-refractivity contribution < 1.29 is 58.3 Å². The fraction of sp³-hybridized carbons (Fsp3) is 0.653. The number of rotatable bonds is 37. The highest BCUT2D eigenvalue weighted by molar-refractivity contribution is 7.47. The normalized spacial score (nSPS) is 22.9. The first-order chi connectivity index (χ1) is 30.0. The van der Waals surface area contributed by atoms with Gasteiger partial charge in [0, 0.05) is 13.0 Å². The Morgan fingerprint density at radius 2 is 0.952 bits per heavy atom. The summed E-state index contributed by atoms with van der Waals surface area (Å²) >= 11 is 0. The Bertz CT molecular complexity index is 1390. The largest absolute Gasteiger partial charge is 0.472 e. The van der Waals surface area contributed by atoms with E-state index in [1.807, 2.05) is 12.2 Å². The molecule has 0 heterocycles. The van der Waals surface area contributed by atoms with Gasteiger partial charge < -0.3 is 39.9 Å². The number of unbranched alkanes of at least 4 members (excludes halogenated alkanes) is 9. The third kappa shape index (κ3) is 30.4. The Morgan fingerprint density at radius 3 is 1.45 bits per heavy atom. The Hall–Kier alpha value is -2.74. The molecule has 0 aromatic rings. The molecule has 1 saturated carbocycles. The van der Waals surface area contributed by atoms with E-state index in [1.165, 1.54) is 19.3 Å². The number of aliphatic hydroxyl groups excluding tert-OH is 5. The van der Waals surface area contributed by atoms with Crippen molar-refractivity contribution in [1.82, 2.24) is 0 Å². The molecule has 0 aromatic carbocycles. The molecule has 0 saturated heterocycles. The Balaban J connectivity index is 2.48. The smallest absolute Gasteiger partial charge is 0.457 e. The highest BCUT2D eigenvalue weighted by atomic mass is 31.2. The molecular weight excluding hydrogens is 812 g/mol. The van der Waals surface area contributed by atoms with Crippen molar-refractivity contribution in [3.63, 3.8) is 0 Å². The van der Waals surface area contributed by atoms with Gasteiger partial charge in [0.25, 0.3) is 0 Å². The minimum Gasteiger partial charge on any atom is -0.457 e. The van der Waals surface area contributed by atoms with Gasteiger partial charge in [-0.3, -0.25) is 13.8 Å². The molecule has 1 fully saturated rings. The fourth-order valence-corrected chi connectivity index (χ4v) is 7.26. The van der Waals surface area contributed by atoms with Gasteiger partial charge in [-0.05, 0) is 83.5 Å². The molecule has 1 rings (SSSR count). The molecule has 62 heavy (non-hydrogen) atoms. The first kappa shape index (κ1) is 57.3.